The second-order valence-corrected chi connectivity index (χ2v) is 12.6. The summed E-state index contributed by atoms with van der Waals surface area (Å²) in [6.07, 6.45) is 1.16. The zero-order chi connectivity index (χ0) is 31.0. The van der Waals surface area contributed by atoms with Crippen LogP contribution in [0.5, 0.6) is 11.5 Å². The van der Waals surface area contributed by atoms with Gasteiger partial charge in [-0.15, -0.1) is 0 Å². The van der Waals surface area contributed by atoms with Crippen LogP contribution in [0.15, 0.2) is 66.7 Å². The zero-order valence-corrected chi connectivity index (χ0v) is 26.5. The molecule has 3 aromatic rings. The Hall–Kier alpha value is -3.47. The van der Waals surface area contributed by atoms with Crippen molar-refractivity contribution in [3.63, 3.8) is 0 Å². The van der Waals surface area contributed by atoms with E-state index in [9.17, 15) is 18.0 Å². The molecule has 0 spiro atoms. The molecule has 9 nitrogen and oxygen atoms in total. The van der Waals surface area contributed by atoms with Crippen LogP contribution in [0.25, 0.3) is 0 Å². The van der Waals surface area contributed by atoms with Gasteiger partial charge in [0.2, 0.25) is 21.8 Å². The van der Waals surface area contributed by atoms with Crippen LogP contribution in [0.2, 0.25) is 10.0 Å². The van der Waals surface area contributed by atoms with E-state index in [1.165, 1.54) is 31.3 Å². The third-order valence-corrected chi connectivity index (χ3v) is 8.26. The van der Waals surface area contributed by atoms with Crippen molar-refractivity contribution in [3.05, 3.63) is 87.9 Å². The second kappa shape index (κ2) is 14.6. The molecule has 0 bridgehead atoms. The molecule has 3 rings (SSSR count). The summed E-state index contributed by atoms with van der Waals surface area (Å²) in [6, 6.07) is 17.5. The summed E-state index contributed by atoms with van der Waals surface area (Å²) in [7, 11) is -1.14. The lowest BCUT2D eigenvalue weighted by atomic mass is 10.0. The minimum Gasteiger partial charge on any atom is -0.497 e. The van der Waals surface area contributed by atoms with Gasteiger partial charge in [-0.25, -0.2) is 8.42 Å². The van der Waals surface area contributed by atoms with Crippen LogP contribution in [0.3, 0.4) is 0 Å². The standard InChI is InChI=1S/C30H35Cl2N3O6S/c1-20(2)33-30(37)27(16-21-10-7-6-8-11-21)34(18-23-24(31)12-9-13-25(23)32)29(36)19-35(42(5,38)39)26-15-14-22(40-3)17-28(26)41-4/h6-15,17,20,27H,16,18-19H2,1-5H3,(H,33,37). The van der Waals surface area contributed by atoms with Crippen molar-refractivity contribution < 1.29 is 27.5 Å². The Morgan fingerprint density at radius 1 is 0.929 bits per heavy atom. The number of benzene rings is 3. The third-order valence-electron chi connectivity index (χ3n) is 6.43. The van der Waals surface area contributed by atoms with Crippen LogP contribution in [-0.4, -0.2) is 64.2 Å². The summed E-state index contributed by atoms with van der Waals surface area (Å²) in [5, 5.41) is 3.51. The first kappa shape index (κ1) is 33.0. The first-order valence-corrected chi connectivity index (χ1v) is 15.7. The molecule has 0 radical (unpaired) electrons. The molecule has 1 unspecified atom stereocenters. The van der Waals surface area contributed by atoms with E-state index < -0.39 is 34.4 Å². The Kier molecular flexibility index (Phi) is 11.5. The summed E-state index contributed by atoms with van der Waals surface area (Å²) in [5.74, 6) is -0.419. The molecule has 1 atom stereocenters. The number of carbonyl (C=O) groups excluding carboxylic acids is 2. The number of halogens is 2. The third kappa shape index (κ3) is 8.53. The predicted octanol–water partition coefficient (Wildman–Crippen LogP) is 4.94. The summed E-state index contributed by atoms with van der Waals surface area (Å²) >= 11 is 13.0. The number of amides is 2. The average molecular weight is 637 g/mol. The lowest BCUT2D eigenvalue weighted by molar-refractivity contribution is -0.140. The minimum atomic E-state index is -4.00. The lowest BCUT2D eigenvalue weighted by Gasteiger charge is -2.34. The van der Waals surface area contributed by atoms with E-state index in [0.717, 1.165) is 16.1 Å². The van der Waals surface area contributed by atoms with E-state index in [0.29, 0.717) is 21.4 Å². The lowest BCUT2D eigenvalue weighted by Crippen LogP contribution is -2.54. The van der Waals surface area contributed by atoms with Gasteiger partial charge in [0.05, 0.1) is 26.2 Å². The number of anilines is 1. The van der Waals surface area contributed by atoms with Gasteiger partial charge in [0.15, 0.2) is 0 Å². The first-order chi connectivity index (χ1) is 19.8. The SMILES string of the molecule is COc1ccc(N(CC(=O)N(Cc2c(Cl)cccc2Cl)C(Cc2ccccc2)C(=O)NC(C)C)S(C)(=O)=O)c(OC)c1. The van der Waals surface area contributed by atoms with E-state index in [1.54, 1.807) is 24.3 Å². The summed E-state index contributed by atoms with van der Waals surface area (Å²) in [5.41, 5.74) is 1.37. The summed E-state index contributed by atoms with van der Waals surface area (Å²) < 4.78 is 37.7. The molecule has 12 heteroatoms. The Morgan fingerprint density at radius 3 is 2.12 bits per heavy atom. The van der Waals surface area contributed by atoms with Gasteiger partial charge in [0.25, 0.3) is 0 Å². The predicted molar refractivity (Wildman–Crippen MR) is 166 cm³/mol. The van der Waals surface area contributed by atoms with Gasteiger partial charge in [-0.2, -0.15) is 0 Å². The van der Waals surface area contributed by atoms with Gasteiger partial charge in [-0.1, -0.05) is 59.6 Å². The Balaban J connectivity index is 2.14. The monoisotopic (exact) mass is 635 g/mol. The number of rotatable bonds is 13. The Labute approximate surface area is 257 Å². The van der Waals surface area contributed by atoms with E-state index in [2.05, 4.69) is 5.32 Å². The van der Waals surface area contributed by atoms with Gasteiger partial charge < -0.3 is 19.7 Å². The van der Waals surface area contributed by atoms with E-state index in [4.69, 9.17) is 32.7 Å². The number of carbonyl (C=O) groups is 2. The van der Waals surface area contributed by atoms with Crippen molar-refractivity contribution in [2.24, 2.45) is 0 Å². The molecule has 0 aliphatic rings. The topological polar surface area (TPSA) is 105 Å². The fraction of sp³-hybridized carbons (Fsp3) is 0.333. The van der Waals surface area contributed by atoms with Gasteiger partial charge in [0.1, 0.15) is 24.1 Å². The van der Waals surface area contributed by atoms with Crippen molar-refractivity contribution in [1.82, 2.24) is 10.2 Å². The molecule has 2 amide bonds. The largest absolute Gasteiger partial charge is 0.497 e. The smallest absolute Gasteiger partial charge is 0.244 e. The van der Waals surface area contributed by atoms with Gasteiger partial charge in [-0.3, -0.25) is 13.9 Å². The average Bonchev–Trinajstić information content (AvgIpc) is 2.94. The molecule has 1 N–H and O–H groups in total. The molecule has 0 heterocycles. The second-order valence-electron chi connectivity index (χ2n) is 9.90. The number of nitrogens with one attached hydrogen (secondary N) is 1. The van der Waals surface area contributed by atoms with Crippen LogP contribution < -0.4 is 19.1 Å². The molecule has 0 fully saturated rings. The van der Waals surface area contributed by atoms with Crippen molar-refractivity contribution in [2.45, 2.75) is 38.9 Å². The first-order valence-electron chi connectivity index (χ1n) is 13.1. The maximum Gasteiger partial charge on any atom is 0.244 e. The molecule has 3 aromatic carbocycles. The quantitative estimate of drug-likeness (QED) is 0.285. The van der Waals surface area contributed by atoms with Crippen molar-refractivity contribution in [3.8, 4) is 11.5 Å². The molecule has 42 heavy (non-hydrogen) atoms. The highest BCUT2D eigenvalue weighted by Gasteiger charge is 2.34. The Morgan fingerprint density at radius 2 is 1.57 bits per heavy atom. The fourth-order valence-corrected chi connectivity index (χ4v) is 5.74. The molecule has 0 saturated carbocycles. The summed E-state index contributed by atoms with van der Waals surface area (Å²) in [6.45, 7) is 2.87. The van der Waals surface area contributed by atoms with Crippen LogP contribution >= 0.6 is 23.2 Å². The fourth-order valence-electron chi connectivity index (χ4n) is 4.37. The normalized spacial score (nSPS) is 12.0. The van der Waals surface area contributed by atoms with Gasteiger partial charge >= 0.3 is 0 Å². The van der Waals surface area contributed by atoms with Crippen LogP contribution in [0.4, 0.5) is 5.69 Å². The number of methoxy groups -OCH3 is 2. The van der Waals surface area contributed by atoms with Gasteiger partial charge in [0, 0.05) is 40.7 Å². The molecule has 0 saturated heterocycles. The van der Waals surface area contributed by atoms with Gasteiger partial charge in [-0.05, 0) is 43.7 Å². The molecule has 0 aliphatic heterocycles. The highest BCUT2D eigenvalue weighted by atomic mass is 35.5. The number of nitrogens with zero attached hydrogens (tertiary/aromatic N) is 2. The minimum absolute atomic E-state index is 0.135. The molecular formula is C30H35Cl2N3O6S. The molecular weight excluding hydrogens is 601 g/mol. The van der Waals surface area contributed by atoms with E-state index in [-0.39, 0.29) is 30.4 Å². The molecule has 0 aliphatic carbocycles. The van der Waals surface area contributed by atoms with Crippen LogP contribution in [0.1, 0.15) is 25.0 Å². The highest BCUT2D eigenvalue weighted by molar-refractivity contribution is 7.92. The van der Waals surface area contributed by atoms with Crippen molar-refractivity contribution in [1.29, 1.82) is 0 Å². The number of hydrogen-bond acceptors (Lipinski definition) is 6. The summed E-state index contributed by atoms with van der Waals surface area (Å²) in [4.78, 5) is 29.2. The molecule has 226 valence electrons. The maximum absolute atomic E-state index is 14.2. The number of ether oxygens (including phenoxy) is 2. The van der Waals surface area contributed by atoms with Crippen molar-refractivity contribution >= 4 is 50.7 Å². The van der Waals surface area contributed by atoms with E-state index in [1.807, 2.05) is 44.2 Å². The van der Waals surface area contributed by atoms with Crippen LogP contribution in [0, 0.1) is 0 Å². The molecule has 0 aromatic heterocycles. The maximum atomic E-state index is 14.2. The highest BCUT2D eigenvalue weighted by Crippen LogP contribution is 2.34. The number of sulfonamides is 1. The Bertz CT molecular complexity index is 1480. The number of hydrogen-bond donors (Lipinski definition) is 1. The zero-order valence-electron chi connectivity index (χ0n) is 24.1. The van der Waals surface area contributed by atoms with Crippen LogP contribution in [-0.2, 0) is 32.6 Å². The van der Waals surface area contributed by atoms with Crippen molar-refractivity contribution in [2.75, 3.05) is 31.3 Å². The van der Waals surface area contributed by atoms with E-state index >= 15 is 0 Å².